The predicted molar refractivity (Wildman–Crippen MR) is 83.2 cm³/mol. The van der Waals surface area contributed by atoms with Crippen molar-refractivity contribution in [3.8, 4) is 0 Å². The van der Waals surface area contributed by atoms with Gasteiger partial charge in [0.1, 0.15) is 0 Å². The standard InChI is InChI=1S/C16H21ClN2O2/c1-18(2)16(21)12-7-9-19(10-8-12)15(20)11-13-5-3-4-6-14(13)17/h3-6,12H,7-11H2,1-2H3. The molecule has 4 nitrogen and oxygen atoms in total. The molecule has 2 amide bonds. The summed E-state index contributed by atoms with van der Waals surface area (Å²) in [4.78, 5) is 27.7. The van der Waals surface area contributed by atoms with Gasteiger partial charge >= 0.3 is 0 Å². The molecule has 1 aromatic rings. The molecule has 0 radical (unpaired) electrons. The highest BCUT2D eigenvalue weighted by atomic mass is 35.5. The van der Waals surface area contributed by atoms with Gasteiger partial charge in [0.05, 0.1) is 6.42 Å². The van der Waals surface area contributed by atoms with E-state index in [0.29, 0.717) is 24.5 Å². The van der Waals surface area contributed by atoms with E-state index in [4.69, 9.17) is 11.6 Å². The quantitative estimate of drug-likeness (QED) is 0.859. The van der Waals surface area contributed by atoms with Crippen molar-refractivity contribution in [2.24, 2.45) is 5.92 Å². The molecule has 0 aromatic heterocycles. The van der Waals surface area contributed by atoms with Gasteiger partial charge in [-0.1, -0.05) is 29.8 Å². The third-order valence-electron chi connectivity index (χ3n) is 3.94. The molecule has 0 bridgehead atoms. The molecule has 1 saturated heterocycles. The first kappa shape index (κ1) is 15.8. The number of benzene rings is 1. The van der Waals surface area contributed by atoms with Gasteiger partial charge in [0.2, 0.25) is 11.8 Å². The summed E-state index contributed by atoms with van der Waals surface area (Å²) in [7, 11) is 3.55. The summed E-state index contributed by atoms with van der Waals surface area (Å²) in [5, 5.41) is 0.628. The molecule has 0 unspecified atom stereocenters. The Bertz CT molecular complexity index is 523. The summed E-state index contributed by atoms with van der Waals surface area (Å²) in [5.74, 6) is 0.288. The molecule has 0 N–H and O–H groups in total. The minimum Gasteiger partial charge on any atom is -0.349 e. The van der Waals surface area contributed by atoms with Crippen LogP contribution < -0.4 is 0 Å². The Labute approximate surface area is 130 Å². The molecule has 1 aromatic carbocycles. The smallest absolute Gasteiger partial charge is 0.227 e. The maximum absolute atomic E-state index is 12.3. The Balaban J connectivity index is 1.89. The fourth-order valence-electron chi connectivity index (χ4n) is 2.66. The van der Waals surface area contributed by atoms with E-state index in [1.165, 1.54) is 0 Å². The average molecular weight is 309 g/mol. The minimum absolute atomic E-state index is 0.0457. The lowest BCUT2D eigenvalue weighted by atomic mass is 9.95. The number of nitrogens with zero attached hydrogens (tertiary/aromatic N) is 2. The van der Waals surface area contributed by atoms with Crippen LogP contribution in [0, 0.1) is 5.92 Å². The summed E-state index contributed by atoms with van der Waals surface area (Å²) in [6.45, 7) is 1.29. The van der Waals surface area contributed by atoms with Crippen LogP contribution in [-0.4, -0.2) is 48.8 Å². The lowest BCUT2D eigenvalue weighted by Gasteiger charge is -2.32. The maximum atomic E-state index is 12.3. The van der Waals surface area contributed by atoms with E-state index in [0.717, 1.165) is 18.4 Å². The predicted octanol–water partition coefficient (Wildman–Crippen LogP) is 2.21. The Morgan fingerprint density at radius 3 is 2.43 bits per heavy atom. The van der Waals surface area contributed by atoms with Gasteiger partial charge < -0.3 is 9.80 Å². The van der Waals surface area contributed by atoms with Gasteiger partial charge in [-0.25, -0.2) is 0 Å². The van der Waals surface area contributed by atoms with Crippen molar-refractivity contribution in [2.75, 3.05) is 27.2 Å². The first-order valence-corrected chi connectivity index (χ1v) is 7.59. The topological polar surface area (TPSA) is 40.6 Å². The van der Waals surface area contributed by atoms with Crippen LogP contribution in [0.1, 0.15) is 18.4 Å². The summed E-state index contributed by atoms with van der Waals surface area (Å²) in [5.41, 5.74) is 0.857. The monoisotopic (exact) mass is 308 g/mol. The third-order valence-corrected chi connectivity index (χ3v) is 4.31. The molecular formula is C16H21ClN2O2. The van der Waals surface area contributed by atoms with E-state index >= 15 is 0 Å². The second kappa shape index (κ2) is 6.94. The number of piperidine rings is 1. The second-order valence-electron chi connectivity index (χ2n) is 5.66. The van der Waals surface area contributed by atoms with Gasteiger partial charge in [-0.3, -0.25) is 9.59 Å². The van der Waals surface area contributed by atoms with Crippen LogP contribution >= 0.6 is 11.6 Å². The van der Waals surface area contributed by atoms with Gasteiger partial charge in [-0.05, 0) is 24.5 Å². The SMILES string of the molecule is CN(C)C(=O)C1CCN(C(=O)Cc2ccccc2Cl)CC1. The van der Waals surface area contributed by atoms with Crippen molar-refractivity contribution in [3.63, 3.8) is 0 Å². The van der Waals surface area contributed by atoms with Gasteiger partial charge in [-0.15, -0.1) is 0 Å². The highest BCUT2D eigenvalue weighted by molar-refractivity contribution is 6.31. The van der Waals surface area contributed by atoms with Crippen molar-refractivity contribution in [2.45, 2.75) is 19.3 Å². The van der Waals surface area contributed by atoms with Crippen molar-refractivity contribution in [3.05, 3.63) is 34.9 Å². The Kier molecular flexibility index (Phi) is 5.23. The van der Waals surface area contributed by atoms with E-state index < -0.39 is 0 Å². The first-order valence-electron chi connectivity index (χ1n) is 7.21. The summed E-state index contributed by atoms with van der Waals surface area (Å²) < 4.78 is 0. The minimum atomic E-state index is 0.0457. The van der Waals surface area contributed by atoms with Crippen LogP contribution in [0.5, 0.6) is 0 Å². The highest BCUT2D eigenvalue weighted by Crippen LogP contribution is 2.21. The number of likely N-dealkylation sites (tertiary alicyclic amines) is 1. The maximum Gasteiger partial charge on any atom is 0.227 e. The van der Waals surface area contributed by atoms with Crippen LogP contribution in [-0.2, 0) is 16.0 Å². The molecule has 1 aliphatic heterocycles. The molecule has 1 heterocycles. The first-order chi connectivity index (χ1) is 9.99. The number of halogens is 1. The number of carbonyl (C=O) groups is 2. The molecule has 5 heteroatoms. The normalized spacial score (nSPS) is 15.9. The van der Waals surface area contributed by atoms with Crippen LogP contribution in [0.15, 0.2) is 24.3 Å². The van der Waals surface area contributed by atoms with E-state index in [-0.39, 0.29) is 17.7 Å². The van der Waals surface area contributed by atoms with Gasteiger partial charge in [0, 0.05) is 38.1 Å². The average Bonchev–Trinajstić information content (AvgIpc) is 2.49. The zero-order valence-electron chi connectivity index (χ0n) is 12.5. The van der Waals surface area contributed by atoms with Crippen molar-refractivity contribution < 1.29 is 9.59 Å². The molecule has 21 heavy (non-hydrogen) atoms. The van der Waals surface area contributed by atoms with E-state index in [2.05, 4.69) is 0 Å². The number of carbonyl (C=O) groups excluding carboxylic acids is 2. The van der Waals surface area contributed by atoms with Crippen molar-refractivity contribution >= 4 is 23.4 Å². The molecule has 1 aliphatic rings. The molecule has 1 fully saturated rings. The van der Waals surface area contributed by atoms with Gasteiger partial charge in [0.15, 0.2) is 0 Å². The molecule has 2 rings (SSSR count). The van der Waals surface area contributed by atoms with Crippen LogP contribution in [0.3, 0.4) is 0 Å². The second-order valence-corrected chi connectivity index (χ2v) is 6.06. The number of rotatable bonds is 3. The number of hydrogen-bond acceptors (Lipinski definition) is 2. The van der Waals surface area contributed by atoms with Crippen LogP contribution in [0.25, 0.3) is 0 Å². The summed E-state index contributed by atoms with van der Waals surface area (Å²) >= 11 is 6.09. The van der Waals surface area contributed by atoms with Gasteiger partial charge in [0.25, 0.3) is 0 Å². The number of amides is 2. The van der Waals surface area contributed by atoms with Gasteiger partial charge in [-0.2, -0.15) is 0 Å². The van der Waals surface area contributed by atoms with E-state index in [1.807, 2.05) is 23.1 Å². The number of hydrogen-bond donors (Lipinski definition) is 0. The lowest BCUT2D eigenvalue weighted by Crippen LogP contribution is -2.43. The zero-order valence-corrected chi connectivity index (χ0v) is 13.3. The van der Waals surface area contributed by atoms with Crippen molar-refractivity contribution in [1.82, 2.24) is 9.80 Å². The van der Waals surface area contributed by atoms with Crippen LogP contribution in [0.4, 0.5) is 0 Å². The fourth-order valence-corrected chi connectivity index (χ4v) is 2.86. The summed E-state index contributed by atoms with van der Waals surface area (Å²) in [6.07, 6.45) is 1.81. The molecule has 0 saturated carbocycles. The Hall–Kier alpha value is -1.55. The Morgan fingerprint density at radius 1 is 1.24 bits per heavy atom. The fraction of sp³-hybridized carbons (Fsp3) is 0.500. The highest BCUT2D eigenvalue weighted by Gasteiger charge is 2.28. The molecular weight excluding hydrogens is 288 g/mol. The summed E-state index contributed by atoms with van der Waals surface area (Å²) in [6, 6.07) is 7.42. The molecule has 0 atom stereocenters. The zero-order chi connectivity index (χ0) is 15.4. The van der Waals surface area contributed by atoms with Crippen LogP contribution in [0.2, 0.25) is 5.02 Å². The Morgan fingerprint density at radius 2 is 1.86 bits per heavy atom. The lowest BCUT2D eigenvalue weighted by molar-refractivity contribution is -0.138. The van der Waals surface area contributed by atoms with E-state index in [1.54, 1.807) is 25.1 Å². The van der Waals surface area contributed by atoms with Crippen molar-refractivity contribution in [1.29, 1.82) is 0 Å². The largest absolute Gasteiger partial charge is 0.349 e. The molecule has 114 valence electrons. The molecule has 0 aliphatic carbocycles. The van der Waals surface area contributed by atoms with E-state index in [9.17, 15) is 9.59 Å². The molecule has 0 spiro atoms. The third kappa shape index (κ3) is 3.97.